The molecule has 0 aliphatic rings. The summed E-state index contributed by atoms with van der Waals surface area (Å²) in [5.74, 6) is -0.486. The molecule has 0 fully saturated rings. The summed E-state index contributed by atoms with van der Waals surface area (Å²) in [6, 6.07) is 1.06. The molecule has 4 heteroatoms. The number of H-pyrrole nitrogens is 1. The summed E-state index contributed by atoms with van der Waals surface area (Å²) < 4.78 is 17.4. The Morgan fingerprint density at radius 2 is 2.45 bits per heavy atom. The van der Waals surface area contributed by atoms with Gasteiger partial charge >= 0.3 is 0 Å². The maximum Gasteiger partial charge on any atom is 0.284 e. The number of halogens is 1. The van der Waals surface area contributed by atoms with Gasteiger partial charge < -0.3 is 9.72 Å². The highest BCUT2D eigenvalue weighted by atomic mass is 19.1. The molecule has 1 aromatic heterocycles. The fourth-order valence-corrected chi connectivity index (χ4v) is 0.688. The Kier molecular flexibility index (Phi) is 2.25. The summed E-state index contributed by atoms with van der Waals surface area (Å²) in [5.41, 5.74) is -0.728. The zero-order valence-electron chi connectivity index (χ0n) is 6.06. The first kappa shape index (κ1) is 7.78. The molecular weight excluding hydrogens is 149 g/mol. The van der Waals surface area contributed by atoms with Crippen molar-refractivity contribution in [3.63, 3.8) is 0 Å². The van der Waals surface area contributed by atoms with E-state index < -0.39 is 11.4 Å². The quantitative estimate of drug-likeness (QED) is 0.693. The zero-order valence-corrected chi connectivity index (χ0v) is 6.06. The molecule has 0 atom stereocenters. The smallest absolute Gasteiger partial charge is 0.284 e. The van der Waals surface area contributed by atoms with Crippen LogP contribution in [0.1, 0.15) is 6.92 Å². The lowest BCUT2D eigenvalue weighted by Crippen LogP contribution is -2.09. The minimum absolute atomic E-state index is 0.338. The van der Waals surface area contributed by atoms with E-state index in [0.29, 0.717) is 12.4 Å². The number of hydrogen-bond donors (Lipinski definition) is 1. The molecule has 0 unspecified atom stereocenters. The van der Waals surface area contributed by atoms with E-state index in [0.717, 1.165) is 6.07 Å². The van der Waals surface area contributed by atoms with Crippen LogP contribution < -0.4 is 10.3 Å². The van der Waals surface area contributed by atoms with Crippen LogP contribution in [-0.4, -0.2) is 11.6 Å². The first-order valence-corrected chi connectivity index (χ1v) is 3.25. The number of aromatic amines is 1. The Labute approximate surface area is 62.8 Å². The van der Waals surface area contributed by atoms with Gasteiger partial charge in [-0.25, -0.2) is 4.39 Å². The van der Waals surface area contributed by atoms with Crippen LogP contribution in [0.3, 0.4) is 0 Å². The van der Waals surface area contributed by atoms with Crippen molar-refractivity contribution in [3.8, 4) is 5.75 Å². The summed E-state index contributed by atoms with van der Waals surface area (Å²) >= 11 is 0. The molecule has 1 rings (SSSR count). The largest absolute Gasteiger partial charge is 0.492 e. The molecular formula is C7H8FNO2. The molecule has 0 bridgehead atoms. The second-order valence-electron chi connectivity index (χ2n) is 1.95. The van der Waals surface area contributed by atoms with Gasteiger partial charge in [-0.1, -0.05) is 0 Å². The van der Waals surface area contributed by atoms with Gasteiger partial charge in [0, 0.05) is 12.3 Å². The summed E-state index contributed by atoms with van der Waals surface area (Å²) in [5, 5.41) is 0. The molecule has 1 aromatic rings. The van der Waals surface area contributed by atoms with Gasteiger partial charge in [0.05, 0.1) is 6.61 Å². The minimum Gasteiger partial charge on any atom is -0.492 e. The Morgan fingerprint density at radius 3 is 3.00 bits per heavy atom. The topological polar surface area (TPSA) is 42.1 Å². The molecule has 0 amide bonds. The number of rotatable bonds is 2. The van der Waals surface area contributed by atoms with E-state index in [1.165, 1.54) is 6.20 Å². The third kappa shape index (κ3) is 1.80. The molecule has 0 saturated carbocycles. The first-order chi connectivity index (χ1) is 5.24. The van der Waals surface area contributed by atoms with Crippen LogP contribution in [0, 0.1) is 5.82 Å². The number of ether oxygens (including phenoxy) is 1. The van der Waals surface area contributed by atoms with E-state index in [1.807, 2.05) is 0 Å². The van der Waals surface area contributed by atoms with Gasteiger partial charge in [0.1, 0.15) is 5.75 Å². The summed E-state index contributed by atoms with van der Waals surface area (Å²) in [4.78, 5) is 12.7. The number of pyridine rings is 1. The summed E-state index contributed by atoms with van der Waals surface area (Å²) in [6.45, 7) is 2.23. The molecule has 0 spiro atoms. The van der Waals surface area contributed by atoms with Crippen LogP contribution in [-0.2, 0) is 0 Å². The molecule has 0 aliphatic carbocycles. The van der Waals surface area contributed by atoms with E-state index in [2.05, 4.69) is 4.98 Å². The summed E-state index contributed by atoms with van der Waals surface area (Å²) in [6.07, 6.45) is 1.33. The van der Waals surface area contributed by atoms with Crippen LogP contribution in [0.4, 0.5) is 4.39 Å². The normalized spacial score (nSPS) is 9.64. The van der Waals surface area contributed by atoms with Crippen molar-refractivity contribution >= 4 is 0 Å². The Morgan fingerprint density at radius 1 is 1.73 bits per heavy atom. The second-order valence-corrected chi connectivity index (χ2v) is 1.95. The highest BCUT2D eigenvalue weighted by Crippen LogP contribution is 2.06. The molecule has 3 nitrogen and oxygen atoms in total. The number of aromatic nitrogens is 1. The van der Waals surface area contributed by atoms with Gasteiger partial charge in [-0.15, -0.1) is 0 Å². The standard InChI is InChI=1S/C7H8FNO2/c1-2-11-5-3-6(8)7(10)9-4-5/h3-4H,2H2,1H3,(H,9,10). The van der Waals surface area contributed by atoms with Crippen molar-refractivity contribution in [1.29, 1.82) is 0 Å². The molecule has 11 heavy (non-hydrogen) atoms. The average Bonchev–Trinajstić information content (AvgIpc) is 1.98. The number of nitrogens with one attached hydrogen (secondary N) is 1. The lowest BCUT2D eigenvalue weighted by atomic mass is 10.4. The molecule has 0 aliphatic heterocycles. The van der Waals surface area contributed by atoms with Crippen molar-refractivity contribution in [2.24, 2.45) is 0 Å². The first-order valence-electron chi connectivity index (χ1n) is 3.25. The SMILES string of the molecule is CCOc1c[nH]c(=O)c(F)c1. The molecule has 60 valence electrons. The molecule has 1 N–H and O–H groups in total. The van der Waals surface area contributed by atoms with E-state index >= 15 is 0 Å². The van der Waals surface area contributed by atoms with Crippen LogP contribution in [0.25, 0.3) is 0 Å². The molecule has 1 heterocycles. The van der Waals surface area contributed by atoms with E-state index in [4.69, 9.17) is 4.74 Å². The highest BCUT2D eigenvalue weighted by Gasteiger charge is 1.98. The molecule has 0 aromatic carbocycles. The summed E-state index contributed by atoms with van der Waals surface area (Å²) in [7, 11) is 0. The Balaban J connectivity index is 2.96. The maximum atomic E-state index is 12.5. The van der Waals surface area contributed by atoms with Crippen LogP contribution in [0.15, 0.2) is 17.1 Å². The van der Waals surface area contributed by atoms with Gasteiger partial charge in [0.15, 0.2) is 5.82 Å². The van der Waals surface area contributed by atoms with Crippen molar-refractivity contribution in [1.82, 2.24) is 4.98 Å². The van der Waals surface area contributed by atoms with Gasteiger partial charge in [-0.2, -0.15) is 0 Å². The van der Waals surface area contributed by atoms with E-state index in [-0.39, 0.29) is 0 Å². The van der Waals surface area contributed by atoms with Crippen molar-refractivity contribution in [2.75, 3.05) is 6.61 Å². The van der Waals surface area contributed by atoms with Crippen LogP contribution >= 0.6 is 0 Å². The number of hydrogen-bond acceptors (Lipinski definition) is 2. The third-order valence-electron chi connectivity index (χ3n) is 1.14. The monoisotopic (exact) mass is 157 g/mol. The van der Waals surface area contributed by atoms with Gasteiger partial charge in [-0.3, -0.25) is 4.79 Å². The van der Waals surface area contributed by atoms with Crippen LogP contribution in [0.2, 0.25) is 0 Å². The second kappa shape index (κ2) is 3.18. The Bertz CT molecular complexity index is 295. The van der Waals surface area contributed by atoms with Gasteiger partial charge in [0.25, 0.3) is 5.56 Å². The fourth-order valence-electron chi connectivity index (χ4n) is 0.688. The zero-order chi connectivity index (χ0) is 8.27. The van der Waals surface area contributed by atoms with E-state index in [1.54, 1.807) is 6.92 Å². The fraction of sp³-hybridized carbons (Fsp3) is 0.286. The maximum absolute atomic E-state index is 12.5. The Hall–Kier alpha value is -1.32. The van der Waals surface area contributed by atoms with Gasteiger partial charge in [-0.05, 0) is 6.92 Å². The molecule has 0 radical (unpaired) electrons. The predicted octanol–water partition coefficient (Wildman–Crippen LogP) is 0.913. The van der Waals surface area contributed by atoms with Crippen molar-refractivity contribution in [2.45, 2.75) is 6.92 Å². The van der Waals surface area contributed by atoms with Crippen molar-refractivity contribution in [3.05, 3.63) is 28.4 Å². The minimum atomic E-state index is -0.823. The van der Waals surface area contributed by atoms with Crippen LogP contribution in [0.5, 0.6) is 5.75 Å². The molecule has 0 saturated heterocycles. The van der Waals surface area contributed by atoms with Gasteiger partial charge in [0.2, 0.25) is 0 Å². The predicted molar refractivity (Wildman–Crippen MR) is 38.2 cm³/mol. The van der Waals surface area contributed by atoms with Crippen molar-refractivity contribution < 1.29 is 9.13 Å². The lowest BCUT2D eigenvalue weighted by Gasteiger charge is -2.00. The average molecular weight is 157 g/mol. The lowest BCUT2D eigenvalue weighted by molar-refractivity contribution is 0.336. The third-order valence-corrected chi connectivity index (χ3v) is 1.14. The highest BCUT2D eigenvalue weighted by molar-refractivity contribution is 5.16. The van der Waals surface area contributed by atoms with E-state index in [9.17, 15) is 9.18 Å².